The maximum atomic E-state index is 14.6. The van der Waals surface area contributed by atoms with Gasteiger partial charge in [-0.05, 0) is 80.8 Å². The molecule has 0 aliphatic rings. The molecule has 1 N–H and O–H groups in total. The Hall–Kier alpha value is -3.56. The van der Waals surface area contributed by atoms with Crippen LogP contribution in [0, 0.1) is 13.8 Å². The smallest absolute Gasteiger partial charge is 0.264 e. The normalized spacial score (nSPS) is 12.1. The SMILES string of the molecule is Cc1ccc(S(=O)(=O)N(CC(=O)N(Cc2ccc(Cl)c(Cl)c2)C(Cc2ccccc2)C(=O)NC(C)C)c2cc(Cl)ccc2C)cc1. The lowest BCUT2D eigenvalue weighted by Crippen LogP contribution is -2.54. The first kappa shape index (κ1) is 35.3. The molecule has 0 radical (unpaired) electrons. The zero-order valence-electron chi connectivity index (χ0n) is 26.0. The van der Waals surface area contributed by atoms with Crippen LogP contribution in [0.5, 0.6) is 0 Å². The molecule has 1 atom stereocenters. The highest BCUT2D eigenvalue weighted by molar-refractivity contribution is 7.92. The van der Waals surface area contributed by atoms with Crippen molar-refractivity contribution >= 4 is 62.3 Å². The van der Waals surface area contributed by atoms with Crippen LogP contribution in [0.15, 0.2) is 95.9 Å². The molecule has 46 heavy (non-hydrogen) atoms. The van der Waals surface area contributed by atoms with Crippen molar-refractivity contribution in [3.05, 3.63) is 128 Å². The van der Waals surface area contributed by atoms with Crippen molar-refractivity contribution in [1.29, 1.82) is 0 Å². The van der Waals surface area contributed by atoms with Crippen molar-refractivity contribution in [3.8, 4) is 0 Å². The molecule has 11 heteroatoms. The highest BCUT2D eigenvalue weighted by atomic mass is 35.5. The van der Waals surface area contributed by atoms with Crippen molar-refractivity contribution in [3.63, 3.8) is 0 Å². The monoisotopic (exact) mass is 699 g/mol. The third-order valence-electron chi connectivity index (χ3n) is 7.37. The number of anilines is 1. The summed E-state index contributed by atoms with van der Waals surface area (Å²) >= 11 is 18.9. The summed E-state index contributed by atoms with van der Waals surface area (Å²) in [6.07, 6.45) is 0.188. The molecular formula is C35H36Cl3N3O4S. The van der Waals surface area contributed by atoms with Gasteiger partial charge < -0.3 is 10.2 Å². The predicted molar refractivity (Wildman–Crippen MR) is 186 cm³/mol. The van der Waals surface area contributed by atoms with E-state index in [1.54, 1.807) is 49.4 Å². The van der Waals surface area contributed by atoms with Gasteiger partial charge >= 0.3 is 0 Å². The van der Waals surface area contributed by atoms with E-state index in [9.17, 15) is 18.0 Å². The van der Waals surface area contributed by atoms with Crippen LogP contribution in [0.25, 0.3) is 0 Å². The molecule has 0 aliphatic heterocycles. The van der Waals surface area contributed by atoms with Crippen LogP contribution < -0.4 is 9.62 Å². The molecule has 4 aromatic rings. The Morgan fingerprint density at radius 2 is 1.48 bits per heavy atom. The van der Waals surface area contributed by atoms with Crippen LogP contribution in [0.3, 0.4) is 0 Å². The average Bonchev–Trinajstić information content (AvgIpc) is 3.01. The van der Waals surface area contributed by atoms with Crippen LogP contribution >= 0.6 is 34.8 Å². The second-order valence-electron chi connectivity index (χ2n) is 11.4. The summed E-state index contributed by atoms with van der Waals surface area (Å²) in [4.78, 5) is 29.8. The summed E-state index contributed by atoms with van der Waals surface area (Å²) in [5.74, 6) is -0.972. The van der Waals surface area contributed by atoms with Gasteiger partial charge in [-0.3, -0.25) is 13.9 Å². The third kappa shape index (κ3) is 8.82. The molecule has 0 spiro atoms. The van der Waals surface area contributed by atoms with Crippen LogP contribution in [0.1, 0.15) is 36.1 Å². The van der Waals surface area contributed by atoms with E-state index in [2.05, 4.69) is 5.32 Å². The van der Waals surface area contributed by atoms with Crippen molar-refractivity contribution in [2.75, 3.05) is 10.8 Å². The maximum Gasteiger partial charge on any atom is 0.264 e. The lowest BCUT2D eigenvalue weighted by Gasteiger charge is -2.34. The number of carbonyl (C=O) groups is 2. The summed E-state index contributed by atoms with van der Waals surface area (Å²) in [5.41, 5.74) is 3.18. The van der Waals surface area contributed by atoms with Gasteiger partial charge in [-0.2, -0.15) is 0 Å². The van der Waals surface area contributed by atoms with E-state index in [0.29, 0.717) is 21.2 Å². The number of sulfonamides is 1. The van der Waals surface area contributed by atoms with E-state index in [1.165, 1.54) is 23.1 Å². The second-order valence-corrected chi connectivity index (χ2v) is 14.5. The van der Waals surface area contributed by atoms with Crippen LogP contribution in [0.4, 0.5) is 5.69 Å². The van der Waals surface area contributed by atoms with Gasteiger partial charge in [0.1, 0.15) is 12.6 Å². The summed E-state index contributed by atoms with van der Waals surface area (Å²) in [7, 11) is -4.26. The standard InChI is InChI=1S/C35H36Cl3N3O4S/c1-23(2)39-35(43)33(19-26-8-6-5-7-9-26)40(21-27-13-17-30(37)31(38)18-27)34(42)22-41(32-20-28(36)14-12-25(32)4)46(44,45)29-15-10-24(3)11-16-29/h5-18,20,23,33H,19,21-22H2,1-4H3,(H,39,43). The molecule has 0 heterocycles. The summed E-state index contributed by atoms with van der Waals surface area (Å²) in [5, 5.41) is 3.88. The van der Waals surface area contributed by atoms with Crippen molar-refractivity contribution < 1.29 is 18.0 Å². The van der Waals surface area contributed by atoms with E-state index < -0.39 is 28.5 Å². The number of hydrogen-bond acceptors (Lipinski definition) is 4. The fourth-order valence-electron chi connectivity index (χ4n) is 4.97. The van der Waals surface area contributed by atoms with E-state index >= 15 is 0 Å². The number of aryl methyl sites for hydroxylation is 2. The maximum absolute atomic E-state index is 14.6. The van der Waals surface area contributed by atoms with Crippen molar-refractivity contribution in [2.45, 2.75) is 57.6 Å². The molecule has 1 unspecified atom stereocenters. The van der Waals surface area contributed by atoms with Crippen molar-refractivity contribution in [1.82, 2.24) is 10.2 Å². The topological polar surface area (TPSA) is 86.8 Å². The fraction of sp³-hybridized carbons (Fsp3) is 0.257. The van der Waals surface area contributed by atoms with E-state index in [-0.39, 0.29) is 40.5 Å². The van der Waals surface area contributed by atoms with Gasteiger partial charge in [0.25, 0.3) is 10.0 Å². The summed E-state index contributed by atoms with van der Waals surface area (Å²) in [6.45, 7) is 6.63. The minimum atomic E-state index is -4.26. The first-order valence-electron chi connectivity index (χ1n) is 14.7. The molecule has 0 bridgehead atoms. The Morgan fingerprint density at radius 1 is 0.804 bits per heavy atom. The van der Waals surface area contributed by atoms with Gasteiger partial charge in [0, 0.05) is 24.0 Å². The first-order valence-corrected chi connectivity index (χ1v) is 17.3. The number of nitrogens with one attached hydrogen (secondary N) is 1. The van der Waals surface area contributed by atoms with E-state index in [1.807, 2.05) is 51.1 Å². The highest BCUT2D eigenvalue weighted by Gasteiger charge is 2.35. The lowest BCUT2D eigenvalue weighted by molar-refractivity contribution is -0.140. The van der Waals surface area contributed by atoms with Crippen LogP contribution in [-0.4, -0.2) is 43.8 Å². The molecule has 0 fully saturated rings. The molecule has 0 aromatic heterocycles. The number of carbonyl (C=O) groups excluding carboxylic acids is 2. The molecular weight excluding hydrogens is 665 g/mol. The first-order chi connectivity index (χ1) is 21.8. The Morgan fingerprint density at radius 3 is 2.11 bits per heavy atom. The van der Waals surface area contributed by atoms with Gasteiger partial charge in [0.2, 0.25) is 11.8 Å². The van der Waals surface area contributed by atoms with Gasteiger partial charge in [-0.25, -0.2) is 8.42 Å². The molecule has 7 nitrogen and oxygen atoms in total. The average molecular weight is 701 g/mol. The summed E-state index contributed by atoms with van der Waals surface area (Å²) < 4.78 is 29.6. The number of nitrogens with zero attached hydrogens (tertiary/aromatic N) is 2. The van der Waals surface area contributed by atoms with E-state index in [0.717, 1.165) is 15.4 Å². The van der Waals surface area contributed by atoms with Crippen LogP contribution in [-0.2, 0) is 32.6 Å². The molecule has 4 aromatic carbocycles. The number of benzene rings is 4. The van der Waals surface area contributed by atoms with Gasteiger partial charge in [0.05, 0.1) is 20.6 Å². The molecule has 4 rings (SSSR count). The molecule has 2 amide bonds. The Balaban J connectivity index is 1.85. The largest absolute Gasteiger partial charge is 0.352 e. The number of halogens is 3. The number of hydrogen-bond donors (Lipinski definition) is 1. The lowest BCUT2D eigenvalue weighted by atomic mass is 10.0. The van der Waals surface area contributed by atoms with E-state index in [4.69, 9.17) is 34.8 Å². The van der Waals surface area contributed by atoms with Crippen molar-refractivity contribution in [2.24, 2.45) is 0 Å². The molecule has 0 saturated carbocycles. The van der Waals surface area contributed by atoms with Crippen LogP contribution in [0.2, 0.25) is 15.1 Å². The number of rotatable bonds is 12. The Kier molecular flexibility index (Phi) is 11.8. The highest BCUT2D eigenvalue weighted by Crippen LogP contribution is 2.31. The molecule has 0 saturated heterocycles. The Labute approximate surface area is 286 Å². The quantitative estimate of drug-likeness (QED) is 0.165. The van der Waals surface area contributed by atoms with Gasteiger partial charge in [-0.15, -0.1) is 0 Å². The zero-order valence-corrected chi connectivity index (χ0v) is 29.1. The Bertz CT molecular complexity index is 1800. The zero-order chi connectivity index (χ0) is 33.6. The minimum Gasteiger partial charge on any atom is -0.352 e. The minimum absolute atomic E-state index is 0.0136. The summed E-state index contributed by atoms with van der Waals surface area (Å²) in [6, 6.07) is 24.4. The second kappa shape index (κ2) is 15.4. The predicted octanol–water partition coefficient (Wildman–Crippen LogP) is 7.62. The third-order valence-corrected chi connectivity index (χ3v) is 10.1. The number of amides is 2. The van der Waals surface area contributed by atoms with Gasteiger partial charge in [-0.1, -0.05) is 95.0 Å². The molecule has 0 aliphatic carbocycles. The fourth-order valence-corrected chi connectivity index (χ4v) is 6.93. The van der Waals surface area contributed by atoms with Gasteiger partial charge in [0.15, 0.2) is 0 Å². The molecule has 242 valence electrons.